The van der Waals surface area contributed by atoms with Crippen LogP contribution in [-0.4, -0.2) is 58.5 Å². The van der Waals surface area contributed by atoms with Crippen molar-refractivity contribution in [1.82, 2.24) is 14.9 Å². The number of nitrogens with zero attached hydrogens (tertiary/aromatic N) is 5. The zero-order valence-electron chi connectivity index (χ0n) is 22.2. The standard InChI is InChI=1S/C30H34N6O2S/c1-2-21-18-23(20-25(19-21)38-16-15-35-13-9-24(37)10-14-35)32-30-33-26-11-17-39-28(26)29(34-30)36-27(8-12-31-36)22-6-4-3-5-7-22/h3-7,11-12,17-20,24,27,37H,2,8-10,13-16H2,1H3,(H,32,33,34). The Balaban J connectivity index is 1.22. The summed E-state index contributed by atoms with van der Waals surface area (Å²) >= 11 is 1.64. The van der Waals surface area contributed by atoms with Crippen LogP contribution in [0, 0.1) is 0 Å². The fourth-order valence-electron chi connectivity index (χ4n) is 5.21. The first-order valence-electron chi connectivity index (χ1n) is 13.7. The summed E-state index contributed by atoms with van der Waals surface area (Å²) in [5.41, 5.74) is 4.19. The van der Waals surface area contributed by atoms with Crippen LogP contribution in [0.2, 0.25) is 0 Å². The molecule has 2 aromatic carbocycles. The third kappa shape index (κ3) is 5.90. The average Bonchev–Trinajstić information content (AvgIpc) is 3.64. The number of piperidine rings is 1. The number of aryl methyl sites for hydroxylation is 1. The zero-order chi connectivity index (χ0) is 26.6. The Morgan fingerprint density at radius 3 is 2.74 bits per heavy atom. The number of hydrazone groups is 1. The highest BCUT2D eigenvalue weighted by Crippen LogP contribution is 2.38. The zero-order valence-corrected chi connectivity index (χ0v) is 23.0. The molecule has 8 nitrogen and oxygen atoms in total. The molecule has 2 N–H and O–H groups in total. The molecule has 202 valence electrons. The summed E-state index contributed by atoms with van der Waals surface area (Å²) in [4.78, 5) is 12.1. The number of thiophene rings is 1. The summed E-state index contributed by atoms with van der Waals surface area (Å²) in [7, 11) is 0. The third-order valence-corrected chi connectivity index (χ3v) is 8.28. The number of likely N-dealkylation sites (tertiary alicyclic amines) is 1. The van der Waals surface area contributed by atoms with E-state index in [9.17, 15) is 5.11 Å². The lowest BCUT2D eigenvalue weighted by Gasteiger charge is -2.29. The van der Waals surface area contributed by atoms with Gasteiger partial charge in [0.15, 0.2) is 5.82 Å². The maximum Gasteiger partial charge on any atom is 0.229 e. The van der Waals surface area contributed by atoms with E-state index in [1.807, 2.05) is 29.4 Å². The van der Waals surface area contributed by atoms with Crippen molar-refractivity contribution in [2.75, 3.05) is 36.6 Å². The predicted molar refractivity (Wildman–Crippen MR) is 158 cm³/mol. The van der Waals surface area contributed by atoms with Crippen LogP contribution in [0.3, 0.4) is 0 Å². The molecule has 0 bridgehead atoms. The molecule has 2 aromatic heterocycles. The van der Waals surface area contributed by atoms with Gasteiger partial charge in [-0.2, -0.15) is 10.1 Å². The monoisotopic (exact) mass is 542 g/mol. The molecular formula is C30H34N6O2S. The second-order valence-electron chi connectivity index (χ2n) is 10.1. The number of fused-ring (bicyclic) bond motifs is 1. The lowest BCUT2D eigenvalue weighted by Crippen LogP contribution is -2.38. The van der Waals surface area contributed by atoms with Gasteiger partial charge in [0, 0.05) is 44.0 Å². The van der Waals surface area contributed by atoms with Gasteiger partial charge in [-0.05, 0) is 54.0 Å². The van der Waals surface area contributed by atoms with Crippen molar-refractivity contribution >= 4 is 45.2 Å². The number of aliphatic hydroxyl groups excluding tert-OH is 1. The molecular weight excluding hydrogens is 508 g/mol. The van der Waals surface area contributed by atoms with Crippen LogP contribution in [0.25, 0.3) is 10.2 Å². The third-order valence-electron chi connectivity index (χ3n) is 7.38. The Morgan fingerprint density at radius 1 is 1.08 bits per heavy atom. The molecule has 1 saturated heterocycles. The fourth-order valence-corrected chi connectivity index (χ4v) is 6.03. The first kappa shape index (κ1) is 25.7. The number of aromatic nitrogens is 2. The van der Waals surface area contributed by atoms with E-state index in [-0.39, 0.29) is 12.1 Å². The van der Waals surface area contributed by atoms with Crippen LogP contribution in [0.4, 0.5) is 17.5 Å². The summed E-state index contributed by atoms with van der Waals surface area (Å²) in [6.45, 7) is 5.44. The van der Waals surface area contributed by atoms with Crippen molar-refractivity contribution in [3.8, 4) is 5.75 Å². The van der Waals surface area contributed by atoms with E-state index in [4.69, 9.17) is 19.8 Å². The Hall–Kier alpha value is -3.53. The van der Waals surface area contributed by atoms with Gasteiger partial charge in [0.05, 0.1) is 22.4 Å². The first-order valence-corrected chi connectivity index (χ1v) is 14.6. The number of hydrogen-bond acceptors (Lipinski definition) is 9. The Morgan fingerprint density at radius 2 is 1.92 bits per heavy atom. The summed E-state index contributed by atoms with van der Waals surface area (Å²) in [6.07, 6.45) is 5.21. The maximum absolute atomic E-state index is 9.75. The van der Waals surface area contributed by atoms with E-state index in [2.05, 4.69) is 58.9 Å². The highest BCUT2D eigenvalue weighted by molar-refractivity contribution is 7.17. The van der Waals surface area contributed by atoms with E-state index >= 15 is 0 Å². The van der Waals surface area contributed by atoms with Gasteiger partial charge in [0.25, 0.3) is 0 Å². The van der Waals surface area contributed by atoms with Crippen molar-refractivity contribution in [3.05, 3.63) is 71.1 Å². The quantitative estimate of drug-likeness (QED) is 0.278. The van der Waals surface area contributed by atoms with Crippen molar-refractivity contribution in [3.63, 3.8) is 0 Å². The normalized spacial score (nSPS) is 18.2. The minimum absolute atomic E-state index is 0.103. The van der Waals surface area contributed by atoms with Crippen LogP contribution in [0.1, 0.15) is 43.4 Å². The van der Waals surface area contributed by atoms with Crippen molar-refractivity contribution in [2.45, 2.75) is 44.8 Å². The molecule has 4 aromatic rings. The molecule has 0 saturated carbocycles. The lowest BCUT2D eigenvalue weighted by molar-refractivity contribution is 0.0755. The maximum atomic E-state index is 9.75. The molecule has 1 fully saturated rings. The Labute approximate surface area is 233 Å². The lowest BCUT2D eigenvalue weighted by atomic mass is 10.0. The number of hydrogen-bond donors (Lipinski definition) is 2. The van der Waals surface area contributed by atoms with Crippen molar-refractivity contribution in [1.29, 1.82) is 0 Å². The van der Waals surface area contributed by atoms with E-state index in [0.29, 0.717) is 12.6 Å². The second-order valence-corrected chi connectivity index (χ2v) is 11.0. The van der Waals surface area contributed by atoms with Crippen molar-refractivity contribution in [2.24, 2.45) is 5.10 Å². The molecule has 4 heterocycles. The summed E-state index contributed by atoms with van der Waals surface area (Å²) in [5, 5.41) is 22.0. The number of nitrogens with one attached hydrogen (secondary N) is 1. The number of rotatable bonds is 9. The molecule has 2 aliphatic heterocycles. The molecule has 1 unspecified atom stereocenters. The smallest absolute Gasteiger partial charge is 0.229 e. The molecule has 0 aliphatic carbocycles. The number of aliphatic hydroxyl groups is 1. The van der Waals surface area contributed by atoms with Gasteiger partial charge in [0.1, 0.15) is 12.4 Å². The molecule has 2 aliphatic rings. The minimum Gasteiger partial charge on any atom is -0.492 e. The van der Waals surface area contributed by atoms with Gasteiger partial charge in [-0.1, -0.05) is 37.3 Å². The summed E-state index contributed by atoms with van der Waals surface area (Å²) < 4.78 is 7.20. The van der Waals surface area contributed by atoms with Crippen LogP contribution >= 0.6 is 11.3 Å². The largest absolute Gasteiger partial charge is 0.492 e. The van der Waals surface area contributed by atoms with Gasteiger partial charge >= 0.3 is 0 Å². The van der Waals surface area contributed by atoms with Crippen LogP contribution in [-0.2, 0) is 6.42 Å². The van der Waals surface area contributed by atoms with Crippen LogP contribution in [0.15, 0.2) is 65.1 Å². The number of benzene rings is 2. The molecule has 9 heteroatoms. The Kier molecular flexibility index (Phi) is 7.71. The highest BCUT2D eigenvalue weighted by atomic mass is 32.1. The second kappa shape index (κ2) is 11.7. The molecule has 0 amide bonds. The predicted octanol–water partition coefficient (Wildman–Crippen LogP) is 5.77. The fraction of sp³-hybridized carbons (Fsp3) is 0.367. The average molecular weight is 543 g/mol. The summed E-state index contributed by atoms with van der Waals surface area (Å²) in [6, 6.07) is 18.8. The number of anilines is 3. The van der Waals surface area contributed by atoms with E-state index < -0.39 is 0 Å². The highest BCUT2D eigenvalue weighted by Gasteiger charge is 2.28. The van der Waals surface area contributed by atoms with Gasteiger partial charge < -0.3 is 15.2 Å². The van der Waals surface area contributed by atoms with Gasteiger partial charge in [-0.25, -0.2) is 9.99 Å². The van der Waals surface area contributed by atoms with Gasteiger partial charge in [-0.15, -0.1) is 11.3 Å². The first-order chi connectivity index (χ1) is 19.2. The SMILES string of the molecule is CCc1cc(Nc2nc(N3N=CCC3c3ccccc3)c3sccc3n2)cc(OCCN2CCC(O)CC2)c1. The van der Waals surface area contributed by atoms with Gasteiger partial charge in [0.2, 0.25) is 5.95 Å². The molecule has 6 rings (SSSR count). The summed E-state index contributed by atoms with van der Waals surface area (Å²) in [5.74, 6) is 2.18. The van der Waals surface area contributed by atoms with Gasteiger partial charge in [-0.3, -0.25) is 4.90 Å². The Bertz CT molecular complexity index is 1430. The van der Waals surface area contributed by atoms with E-state index in [1.165, 1.54) is 11.1 Å². The van der Waals surface area contributed by atoms with E-state index in [1.54, 1.807) is 11.3 Å². The topological polar surface area (TPSA) is 86.1 Å². The van der Waals surface area contributed by atoms with Crippen molar-refractivity contribution < 1.29 is 9.84 Å². The molecule has 1 atom stereocenters. The molecule has 0 radical (unpaired) electrons. The number of ether oxygens (including phenoxy) is 1. The van der Waals surface area contributed by atoms with E-state index in [0.717, 1.165) is 72.8 Å². The van der Waals surface area contributed by atoms with Crippen LogP contribution in [0.5, 0.6) is 5.75 Å². The minimum atomic E-state index is -0.158. The molecule has 0 spiro atoms. The van der Waals surface area contributed by atoms with Crippen LogP contribution < -0.4 is 15.1 Å². The molecule has 39 heavy (non-hydrogen) atoms.